The lowest BCUT2D eigenvalue weighted by molar-refractivity contribution is 0.00706. The van der Waals surface area contributed by atoms with Crippen molar-refractivity contribution in [2.24, 2.45) is 0 Å². The van der Waals surface area contributed by atoms with E-state index < -0.39 is 17.7 Å². The van der Waals surface area contributed by atoms with Crippen LogP contribution in [-0.2, 0) is 22.3 Å². The van der Waals surface area contributed by atoms with Gasteiger partial charge in [-0.1, -0.05) is 6.07 Å². The lowest BCUT2D eigenvalue weighted by atomic mass is 10.1. The molecule has 7 nitrogen and oxygen atoms in total. The number of halogens is 2. The average Bonchev–Trinajstić information content (AvgIpc) is 3.38. The summed E-state index contributed by atoms with van der Waals surface area (Å²) in [7, 11) is 0. The minimum atomic E-state index is -0.646. The van der Waals surface area contributed by atoms with Gasteiger partial charge in [0.25, 0.3) is 6.01 Å². The maximum absolute atomic E-state index is 13.8. The molecule has 4 heterocycles. The van der Waals surface area contributed by atoms with E-state index in [1.807, 2.05) is 0 Å². The first-order valence-electron chi connectivity index (χ1n) is 9.45. The number of nitrogens with one attached hydrogen (secondary N) is 1. The van der Waals surface area contributed by atoms with Crippen LogP contribution in [0.4, 0.5) is 8.78 Å². The normalized spacial score (nSPS) is 26.2. The molecule has 0 aliphatic carbocycles. The van der Waals surface area contributed by atoms with Crippen LogP contribution < -0.4 is 4.74 Å². The van der Waals surface area contributed by atoms with Crippen molar-refractivity contribution in [2.45, 2.75) is 37.3 Å². The molecule has 2 saturated heterocycles. The number of hydrogen-bond donors (Lipinski definition) is 2. The summed E-state index contributed by atoms with van der Waals surface area (Å²) < 4.78 is 44.5. The first kappa shape index (κ1) is 18.4. The lowest BCUT2D eigenvalue weighted by Gasteiger charge is -2.15. The third kappa shape index (κ3) is 3.45. The number of hydrogen-bond acceptors (Lipinski definition) is 6. The van der Waals surface area contributed by atoms with Gasteiger partial charge >= 0.3 is 0 Å². The largest absolute Gasteiger partial charge is 0.456 e. The van der Waals surface area contributed by atoms with E-state index in [-0.39, 0.29) is 42.9 Å². The summed E-state index contributed by atoms with van der Waals surface area (Å²) in [5.74, 6) is -1.12. The number of aromatic amines is 1. The molecular weight excluding hydrogens is 384 g/mol. The topological polar surface area (TPSA) is 89.5 Å². The van der Waals surface area contributed by atoms with Crippen molar-refractivity contribution in [3.05, 3.63) is 53.2 Å². The highest BCUT2D eigenvalue weighted by Crippen LogP contribution is 2.29. The number of pyridine rings is 1. The second-order valence-corrected chi connectivity index (χ2v) is 7.24. The number of rotatable bonds is 5. The molecule has 0 saturated carbocycles. The first-order chi connectivity index (χ1) is 14.1. The molecule has 152 valence electrons. The molecule has 29 heavy (non-hydrogen) atoms. The highest BCUT2D eigenvalue weighted by molar-refractivity contribution is 5.71. The molecule has 2 aliphatic rings. The van der Waals surface area contributed by atoms with E-state index in [0.29, 0.717) is 29.9 Å². The van der Waals surface area contributed by atoms with Crippen LogP contribution >= 0.6 is 0 Å². The number of aryl methyl sites for hydroxylation is 1. The predicted molar refractivity (Wildman–Crippen MR) is 97.6 cm³/mol. The molecule has 0 bridgehead atoms. The van der Waals surface area contributed by atoms with E-state index in [1.165, 1.54) is 18.2 Å². The quantitative estimate of drug-likeness (QED) is 0.677. The lowest BCUT2D eigenvalue weighted by Crippen LogP contribution is -2.34. The number of ether oxygens (including phenoxy) is 3. The standard InChI is InChI=1S/C20H19F2N3O4/c21-12-2-1-3-13(22)11(12)6-4-10-5-7-14-19(23-10)25-20(24-14)29-16-9-28-17-15(26)8-27-18(16)17/h1-3,5,7,15-18,26H,4,6,8-9H2,(H,23,24,25)/t15-,16+,17-,18-/m1/s1. The van der Waals surface area contributed by atoms with Crippen molar-refractivity contribution in [2.75, 3.05) is 13.2 Å². The zero-order chi connectivity index (χ0) is 20.0. The number of fused-ring (bicyclic) bond motifs is 2. The van der Waals surface area contributed by atoms with Gasteiger partial charge in [-0.15, -0.1) is 0 Å². The van der Waals surface area contributed by atoms with Crippen LogP contribution in [0, 0.1) is 11.6 Å². The fraction of sp³-hybridized carbons (Fsp3) is 0.400. The third-order valence-electron chi connectivity index (χ3n) is 5.32. The molecule has 2 aromatic heterocycles. The van der Waals surface area contributed by atoms with E-state index in [9.17, 15) is 13.9 Å². The van der Waals surface area contributed by atoms with Gasteiger partial charge in [-0.05, 0) is 37.1 Å². The summed E-state index contributed by atoms with van der Waals surface area (Å²) in [6.45, 7) is 0.527. The third-order valence-corrected chi connectivity index (χ3v) is 5.32. The minimum absolute atomic E-state index is 0.0509. The SMILES string of the molecule is O[C@@H]1CO[C@H]2[C@@H]1OC[C@@H]2Oc1nc2nc(CCc3c(F)cccc3F)ccc2[nH]1. The number of nitrogens with zero attached hydrogens (tertiary/aromatic N) is 2. The molecule has 0 unspecified atom stereocenters. The second kappa shape index (κ2) is 7.33. The van der Waals surface area contributed by atoms with Gasteiger partial charge in [0.05, 0.1) is 18.7 Å². The van der Waals surface area contributed by atoms with Gasteiger partial charge in [-0.3, -0.25) is 0 Å². The smallest absolute Gasteiger partial charge is 0.296 e. The zero-order valence-electron chi connectivity index (χ0n) is 15.3. The Morgan fingerprint density at radius 3 is 2.66 bits per heavy atom. The summed E-state index contributed by atoms with van der Waals surface area (Å²) in [5.41, 5.74) is 1.86. The Hall–Kier alpha value is -2.62. The number of aromatic nitrogens is 3. The van der Waals surface area contributed by atoms with E-state index in [1.54, 1.807) is 12.1 Å². The molecule has 1 aromatic carbocycles. The van der Waals surface area contributed by atoms with E-state index in [0.717, 1.165) is 0 Å². The van der Waals surface area contributed by atoms with Crippen molar-refractivity contribution < 1.29 is 28.1 Å². The molecule has 9 heteroatoms. The van der Waals surface area contributed by atoms with Crippen LogP contribution in [0.5, 0.6) is 6.01 Å². The highest BCUT2D eigenvalue weighted by atomic mass is 19.1. The maximum Gasteiger partial charge on any atom is 0.296 e. The number of aliphatic hydroxyl groups is 1. The number of H-pyrrole nitrogens is 1. The fourth-order valence-corrected chi connectivity index (χ4v) is 3.82. The predicted octanol–water partition coefficient (Wildman–Crippen LogP) is 1.93. The molecule has 0 amide bonds. The monoisotopic (exact) mass is 403 g/mol. The van der Waals surface area contributed by atoms with Gasteiger partial charge in [0.15, 0.2) is 11.8 Å². The molecule has 3 aromatic rings. The van der Waals surface area contributed by atoms with Gasteiger partial charge in [0, 0.05) is 11.3 Å². The summed E-state index contributed by atoms with van der Waals surface area (Å²) >= 11 is 0. The summed E-state index contributed by atoms with van der Waals surface area (Å²) in [5, 5.41) is 9.81. The summed E-state index contributed by atoms with van der Waals surface area (Å²) in [4.78, 5) is 11.8. The van der Waals surface area contributed by atoms with Gasteiger partial charge in [0.2, 0.25) is 0 Å². The summed E-state index contributed by atoms with van der Waals surface area (Å²) in [6.07, 6.45) is -1.16. The Morgan fingerprint density at radius 1 is 1.03 bits per heavy atom. The minimum Gasteiger partial charge on any atom is -0.456 e. The van der Waals surface area contributed by atoms with Gasteiger partial charge in [-0.25, -0.2) is 13.8 Å². The van der Waals surface area contributed by atoms with Crippen molar-refractivity contribution in [3.8, 4) is 6.01 Å². The van der Waals surface area contributed by atoms with Crippen molar-refractivity contribution in [1.82, 2.24) is 15.0 Å². The van der Waals surface area contributed by atoms with Crippen LogP contribution in [-0.4, -0.2) is 57.7 Å². The fourth-order valence-electron chi connectivity index (χ4n) is 3.82. The van der Waals surface area contributed by atoms with Crippen LogP contribution in [0.3, 0.4) is 0 Å². The zero-order valence-corrected chi connectivity index (χ0v) is 15.3. The summed E-state index contributed by atoms with van der Waals surface area (Å²) in [6, 6.07) is 7.71. The van der Waals surface area contributed by atoms with Crippen LogP contribution in [0.15, 0.2) is 30.3 Å². The van der Waals surface area contributed by atoms with E-state index in [2.05, 4.69) is 15.0 Å². The second-order valence-electron chi connectivity index (χ2n) is 7.24. The number of imidazole rings is 1. The van der Waals surface area contributed by atoms with E-state index in [4.69, 9.17) is 14.2 Å². The molecule has 0 spiro atoms. The van der Waals surface area contributed by atoms with Crippen molar-refractivity contribution in [1.29, 1.82) is 0 Å². The molecule has 2 fully saturated rings. The van der Waals surface area contributed by atoms with Gasteiger partial charge in [-0.2, -0.15) is 4.98 Å². The van der Waals surface area contributed by atoms with Crippen LogP contribution in [0.2, 0.25) is 0 Å². The number of aliphatic hydroxyl groups excluding tert-OH is 1. The van der Waals surface area contributed by atoms with Crippen molar-refractivity contribution in [3.63, 3.8) is 0 Å². The Morgan fingerprint density at radius 2 is 1.83 bits per heavy atom. The van der Waals surface area contributed by atoms with Gasteiger partial charge < -0.3 is 24.3 Å². The highest BCUT2D eigenvalue weighted by Gasteiger charge is 2.48. The van der Waals surface area contributed by atoms with Gasteiger partial charge in [0.1, 0.15) is 29.9 Å². The molecular formula is C20H19F2N3O4. The maximum atomic E-state index is 13.8. The molecule has 0 radical (unpaired) electrons. The van der Waals surface area contributed by atoms with Crippen LogP contribution in [0.1, 0.15) is 11.3 Å². The molecule has 2 N–H and O–H groups in total. The first-order valence-corrected chi connectivity index (χ1v) is 9.45. The average molecular weight is 403 g/mol. The van der Waals surface area contributed by atoms with E-state index >= 15 is 0 Å². The Balaban J connectivity index is 1.29. The Kier molecular flexibility index (Phi) is 4.65. The van der Waals surface area contributed by atoms with Crippen LogP contribution in [0.25, 0.3) is 11.2 Å². The molecule has 4 atom stereocenters. The molecule has 2 aliphatic heterocycles. The Labute approximate surface area is 164 Å². The Bertz CT molecular complexity index is 1020. The van der Waals surface area contributed by atoms with Crippen molar-refractivity contribution >= 4 is 11.2 Å². The molecule has 5 rings (SSSR count). The number of benzene rings is 1.